The molecule has 0 bridgehead atoms. The van der Waals surface area contributed by atoms with Gasteiger partial charge >= 0.3 is 6.18 Å². The summed E-state index contributed by atoms with van der Waals surface area (Å²) in [6, 6.07) is 23.7. The van der Waals surface area contributed by atoms with E-state index in [1.54, 1.807) is 67.6 Å². The fourth-order valence-corrected chi connectivity index (χ4v) is 5.27. The first-order valence-electron chi connectivity index (χ1n) is 11.5. The van der Waals surface area contributed by atoms with E-state index >= 15 is 0 Å². The molecule has 202 valence electrons. The number of ether oxygens (including phenoxy) is 1. The van der Waals surface area contributed by atoms with E-state index in [2.05, 4.69) is 5.32 Å². The van der Waals surface area contributed by atoms with Crippen LogP contribution in [-0.2, 0) is 21.0 Å². The summed E-state index contributed by atoms with van der Waals surface area (Å²) in [6.07, 6.45) is -4.84. The van der Waals surface area contributed by atoms with Crippen molar-refractivity contribution in [3.63, 3.8) is 0 Å². The van der Waals surface area contributed by atoms with Gasteiger partial charge in [-0.2, -0.15) is 13.2 Å². The number of nitrogens with zero attached hydrogens (tertiary/aromatic N) is 1. The molecular formula is C28H22ClF3N2O4S. The first-order valence-corrected chi connectivity index (χ1v) is 13.3. The topological polar surface area (TPSA) is 75.7 Å². The SMILES string of the molecule is Cc1ccc(S(=O)(=O)N(CC(=O)Nc2ccccc2Oc2ccccc2)c2ccc(Cl)c(C(F)(F)F)c2)cc1. The Bertz CT molecular complexity index is 1580. The number of anilines is 2. The lowest BCUT2D eigenvalue weighted by Gasteiger charge is -2.25. The number of carbonyl (C=O) groups is 1. The number of carbonyl (C=O) groups excluding carboxylic acids is 1. The van der Waals surface area contributed by atoms with Gasteiger partial charge in [-0.15, -0.1) is 0 Å². The van der Waals surface area contributed by atoms with E-state index in [1.165, 1.54) is 12.1 Å². The van der Waals surface area contributed by atoms with E-state index in [0.29, 0.717) is 16.1 Å². The summed E-state index contributed by atoms with van der Waals surface area (Å²) in [4.78, 5) is 13.0. The summed E-state index contributed by atoms with van der Waals surface area (Å²) in [5, 5.41) is 2.00. The van der Waals surface area contributed by atoms with Crippen LogP contribution in [0.15, 0.2) is 102 Å². The van der Waals surface area contributed by atoms with E-state index in [9.17, 15) is 26.4 Å². The Morgan fingerprint density at radius 1 is 0.923 bits per heavy atom. The molecule has 1 N–H and O–H groups in total. The fraction of sp³-hybridized carbons (Fsp3) is 0.107. The second-order valence-electron chi connectivity index (χ2n) is 8.45. The molecule has 4 aromatic rings. The van der Waals surface area contributed by atoms with Gasteiger partial charge in [0.25, 0.3) is 10.0 Å². The Labute approximate surface area is 228 Å². The lowest BCUT2D eigenvalue weighted by atomic mass is 10.2. The number of alkyl halides is 3. The second-order valence-corrected chi connectivity index (χ2v) is 10.7. The van der Waals surface area contributed by atoms with Crippen LogP contribution in [-0.4, -0.2) is 20.9 Å². The molecule has 0 spiro atoms. The number of rotatable bonds is 8. The summed E-state index contributed by atoms with van der Waals surface area (Å²) in [5.74, 6) is -0.0160. The number of halogens is 4. The van der Waals surface area contributed by atoms with Gasteiger partial charge in [0.1, 0.15) is 12.3 Å². The summed E-state index contributed by atoms with van der Waals surface area (Å²) in [5.41, 5.74) is -0.589. The minimum atomic E-state index is -4.84. The Balaban J connectivity index is 1.69. The third-order valence-corrected chi connectivity index (χ3v) is 7.69. The van der Waals surface area contributed by atoms with Crippen molar-refractivity contribution in [2.75, 3.05) is 16.2 Å². The van der Waals surface area contributed by atoms with Crippen LogP contribution in [0.25, 0.3) is 0 Å². The molecule has 0 unspecified atom stereocenters. The molecule has 6 nitrogen and oxygen atoms in total. The number of amides is 1. The minimum Gasteiger partial charge on any atom is -0.455 e. The molecule has 0 fully saturated rings. The largest absolute Gasteiger partial charge is 0.455 e. The zero-order valence-electron chi connectivity index (χ0n) is 20.4. The average Bonchev–Trinajstić information content (AvgIpc) is 2.89. The van der Waals surface area contributed by atoms with Gasteiger partial charge < -0.3 is 10.1 Å². The molecule has 0 saturated carbocycles. The van der Waals surface area contributed by atoms with Crippen molar-refractivity contribution >= 4 is 38.9 Å². The highest BCUT2D eigenvalue weighted by Gasteiger charge is 2.35. The maximum atomic E-state index is 13.6. The lowest BCUT2D eigenvalue weighted by Crippen LogP contribution is -2.38. The third kappa shape index (κ3) is 6.71. The number of aryl methyl sites for hydroxylation is 1. The molecule has 0 heterocycles. The van der Waals surface area contributed by atoms with E-state index in [-0.39, 0.29) is 22.0 Å². The molecule has 0 atom stereocenters. The molecule has 1 amide bonds. The normalized spacial score (nSPS) is 11.6. The molecule has 0 saturated heterocycles. The Morgan fingerprint density at radius 2 is 1.56 bits per heavy atom. The van der Waals surface area contributed by atoms with Crippen molar-refractivity contribution in [3.8, 4) is 11.5 Å². The number of para-hydroxylation sites is 3. The monoisotopic (exact) mass is 574 g/mol. The summed E-state index contributed by atoms with van der Waals surface area (Å²) >= 11 is 5.75. The number of nitrogens with one attached hydrogen (secondary N) is 1. The first kappa shape index (κ1) is 28.0. The standard InChI is InChI=1S/C28H22ClF3N2O4S/c1-19-11-14-22(15-12-19)39(36,37)34(20-13-16-24(29)23(17-20)28(30,31)32)18-27(35)33-25-9-5-6-10-26(25)38-21-7-3-2-4-8-21/h2-17H,18H2,1H3,(H,33,35). The highest BCUT2D eigenvalue weighted by Crippen LogP contribution is 2.38. The molecular weight excluding hydrogens is 553 g/mol. The zero-order chi connectivity index (χ0) is 28.2. The lowest BCUT2D eigenvalue weighted by molar-refractivity contribution is -0.137. The van der Waals surface area contributed by atoms with E-state index in [4.69, 9.17) is 16.3 Å². The van der Waals surface area contributed by atoms with Crippen LogP contribution in [0.5, 0.6) is 11.5 Å². The highest BCUT2D eigenvalue weighted by molar-refractivity contribution is 7.92. The van der Waals surface area contributed by atoms with E-state index in [0.717, 1.165) is 17.7 Å². The van der Waals surface area contributed by atoms with Crippen molar-refractivity contribution < 1.29 is 31.1 Å². The quantitative estimate of drug-likeness (QED) is 0.240. The molecule has 11 heteroatoms. The van der Waals surface area contributed by atoms with Gasteiger partial charge in [-0.05, 0) is 61.5 Å². The maximum Gasteiger partial charge on any atom is 0.417 e. The van der Waals surface area contributed by atoms with Gasteiger partial charge in [0.15, 0.2) is 5.75 Å². The third-order valence-electron chi connectivity index (χ3n) is 5.57. The molecule has 0 aliphatic heterocycles. The summed E-state index contributed by atoms with van der Waals surface area (Å²) in [6.45, 7) is 0.931. The average molecular weight is 575 g/mol. The second kappa shape index (κ2) is 11.4. The van der Waals surface area contributed by atoms with E-state index in [1.807, 2.05) is 6.07 Å². The van der Waals surface area contributed by atoms with Crippen molar-refractivity contribution in [3.05, 3.63) is 113 Å². The van der Waals surface area contributed by atoms with Crippen LogP contribution in [0.3, 0.4) is 0 Å². The van der Waals surface area contributed by atoms with Gasteiger partial charge in [0, 0.05) is 0 Å². The number of hydrogen-bond donors (Lipinski definition) is 1. The van der Waals surface area contributed by atoms with Crippen LogP contribution in [0.1, 0.15) is 11.1 Å². The van der Waals surface area contributed by atoms with Crippen LogP contribution in [0, 0.1) is 6.92 Å². The van der Waals surface area contributed by atoms with Crippen LogP contribution >= 0.6 is 11.6 Å². The predicted octanol–water partition coefficient (Wildman–Crippen LogP) is 7.29. The first-order chi connectivity index (χ1) is 18.4. The summed E-state index contributed by atoms with van der Waals surface area (Å²) < 4.78 is 74.4. The predicted molar refractivity (Wildman–Crippen MR) is 144 cm³/mol. The molecule has 4 aromatic carbocycles. The minimum absolute atomic E-state index is 0.197. The Morgan fingerprint density at radius 3 is 2.23 bits per heavy atom. The number of benzene rings is 4. The smallest absolute Gasteiger partial charge is 0.417 e. The van der Waals surface area contributed by atoms with Gasteiger partial charge in [-0.3, -0.25) is 9.10 Å². The molecule has 0 radical (unpaired) electrons. The molecule has 0 aliphatic carbocycles. The van der Waals surface area contributed by atoms with Gasteiger partial charge in [-0.25, -0.2) is 8.42 Å². The van der Waals surface area contributed by atoms with Crippen molar-refractivity contribution in [1.29, 1.82) is 0 Å². The Hall–Kier alpha value is -4.02. The molecule has 0 aromatic heterocycles. The fourth-order valence-electron chi connectivity index (χ4n) is 3.63. The highest BCUT2D eigenvalue weighted by atomic mass is 35.5. The molecule has 4 rings (SSSR count). The maximum absolute atomic E-state index is 13.6. The summed E-state index contributed by atoms with van der Waals surface area (Å²) in [7, 11) is -4.46. The Kier molecular flexibility index (Phi) is 8.17. The number of sulfonamides is 1. The zero-order valence-corrected chi connectivity index (χ0v) is 22.0. The van der Waals surface area contributed by atoms with Crippen LogP contribution in [0.4, 0.5) is 24.5 Å². The van der Waals surface area contributed by atoms with Crippen molar-refractivity contribution in [2.24, 2.45) is 0 Å². The van der Waals surface area contributed by atoms with Crippen molar-refractivity contribution in [2.45, 2.75) is 18.0 Å². The van der Waals surface area contributed by atoms with Crippen LogP contribution < -0.4 is 14.4 Å². The molecule has 0 aliphatic rings. The molecule has 39 heavy (non-hydrogen) atoms. The number of hydrogen-bond acceptors (Lipinski definition) is 4. The van der Waals surface area contributed by atoms with Gasteiger partial charge in [0.05, 0.1) is 26.9 Å². The van der Waals surface area contributed by atoms with Gasteiger partial charge in [-0.1, -0.05) is 59.6 Å². The van der Waals surface area contributed by atoms with Crippen LogP contribution in [0.2, 0.25) is 5.02 Å². The van der Waals surface area contributed by atoms with Gasteiger partial charge in [0.2, 0.25) is 5.91 Å². The van der Waals surface area contributed by atoms with Crippen molar-refractivity contribution in [1.82, 2.24) is 0 Å². The van der Waals surface area contributed by atoms with E-state index < -0.39 is 39.2 Å².